The molecule has 1 unspecified atom stereocenters. The zero-order valence-corrected chi connectivity index (χ0v) is 13.4. The molecule has 3 N–H and O–H groups in total. The molecule has 0 heterocycles. The van der Waals surface area contributed by atoms with Crippen molar-refractivity contribution < 1.29 is 8.78 Å². The summed E-state index contributed by atoms with van der Waals surface area (Å²) < 4.78 is 27.8. The average Bonchev–Trinajstić information content (AvgIpc) is 2.40. The highest BCUT2D eigenvalue weighted by Crippen LogP contribution is 2.22. The fraction of sp³-hybridized carbons (Fsp3) is 0.200. The van der Waals surface area contributed by atoms with Crippen LogP contribution in [0.4, 0.5) is 8.78 Å². The smallest absolute Gasteiger partial charge is 0.127 e. The third-order valence-corrected chi connectivity index (χ3v) is 3.96. The van der Waals surface area contributed by atoms with Crippen molar-refractivity contribution in [2.24, 2.45) is 5.84 Å². The minimum Gasteiger partial charge on any atom is -0.271 e. The van der Waals surface area contributed by atoms with Crippen LogP contribution in [-0.2, 0) is 12.8 Å². The molecule has 0 saturated heterocycles. The summed E-state index contributed by atoms with van der Waals surface area (Å²) in [4.78, 5) is 0. The summed E-state index contributed by atoms with van der Waals surface area (Å²) >= 11 is 9.25. The van der Waals surface area contributed by atoms with Gasteiger partial charge >= 0.3 is 0 Å². The summed E-state index contributed by atoms with van der Waals surface area (Å²) in [5.74, 6) is 4.82. The molecule has 2 nitrogen and oxygen atoms in total. The van der Waals surface area contributed by atoms with Gasteiger partial charge in [0.25, 0.3) is 0 Å². The Morgan fingerprint density at radius 2 is 1.95 bits per heavy atom. The molecule has 2 rings (SSSR count). The third-order valence-electron chi connectivity index (χ3n) is 3.15. The molecule has 112 valence electrons. The van der Waals surface area contributed by atoms with E-state index in [1.54, 1.807) is 18.2 Å². The molecule has 0 spiro atoms. The molecule has 0 saturated carbocycles. The highest BCUT2D eigenvalue weighted by molar-refractivity contribution is 9.10. The maximum atomic E-state index is 13.8. The Hall–Kier alpha value is -1.01. The molecule has 2 aromatic rings. The molecule has 6 heteroatoms. The van der Waals surface area contributed by atoms with Crippen LogP contribution in [0, 0.1) is 11.6 Å². The highest BCUT2D eigenvalue weighted by Gasteiger charge is 2.15. The number of halogens is 4. The van der Waals surface area contributed by atoms with E-state index in [0.717, 1.165) is 5.56 Å². The Morgan fingerprint density at radius 3 is 2.57 bits per heavy atom. The molecular weight excluding hydrogens is 362 g/mol. The lowest BCUT2D eigenvalue weighted by molar-refractivity contribution is 0.505. The SMILES string of the molecule is NNC(Cc1cc(F)cc(Br)c1)Cc1c(F)cccc1Cl. The van der Waals surface area contributed by atoms with Crippen molar-refractivity contribution in [3.63, 3.8) is 0 Å². The van der Waals surface area contributed by atoms with Crippen molar-refractivity contribution in [2.45, 2.75) is 18.9 Å². The summed E-state index contributed by atoms with van der Waals surface area (Å²) in [5.41, 5.74) is 3.79. The lowest BCUT2D eigenvalue weighted by atomic mass is 9.99. The summed E-state index contributed by atoms with van der Waals surface area (Å²) in [7, 11) is 0. The van der Waals surface area contributed by atoms with E-state index >= 15 is 0 Å². The normalized spacial score (nSPS) is 12.4. The van der Waals surface area contributed by atoms with Crippen LogP contribution in [0.3, 0.4) is 0 Å². The van der Waals surface area contributed by atoms with Gasteiger partial charge in [0, 0.05) is 21.1 Å². The van der Waals surface area contributed by atoms with Gasteiger partial charge in [-0.25, -0.2) is 8.78 Å². The molecular formula is C15H14BrClF2N2. The molecule has 0 aliphatic carbocycles. The highest BCUT2D eigenvalue weighted by atomic mass is 79.9. The number of hydrazine groups is 1. The summed E-state index contributed by atoms with van der Waals surface area (Å²) in [6.45, 7) is 0. The molecule has 0 amide bonds. The zero-order valence-electron chi connectivity index (χ0n) is 11.0. The molecule has 21 heavy (non-hydrogen) atoms. The topological polar surface area (TPSA) is 38.0 Å². The van der Waals surface area contributed by atoms with E-state index in [0.29, 0.717) is 27.9 Å². The van der Waals surface area contributed by atoms with Gasteiger partial charge in [-0.2, -0.15) is 0 Å². The van der Waals surface area contributed by atoms with E-state index < -0.39 is 0 Å². The molecule has 0 fully saturated rings. The lowest BCUT2D eigenvalue weighted by Crippen LogP contribution is -2.38. The maximum absolute atomic E-state index is 13.8. The van der Waals surface area contributed by atoms with Gasteiger partial charge in [0.05, 0.1) is 0 Å². The Kier molecular flexibility index (Phi) is 5.70. The van der Waals surface area contributed by atoms with E-state index in [4.69, 9.17) is 17.4 Å². The first kappa shape index (κ1) is 16.4. The molecule has 0 radical (unpaired) electrons. The molecule has 0 bridgehead atoms. The molecule has 2 aromatic carbocycles. The van der Waals surface area contributed by atoms with Crippen molar-refractivity contribution in [3.05, 3.63) is 68.7 Å². The fourth-order valence-electron chi connectivity index (χ4n) is 2.18. The van der Waals surface area contributed by atoms with Crippen molar-refractivity contribution in [3.8, 4) is 0 Å². The standard InChI is InChI=1S/C15H14BrClF2N2/c16-10-4-9(5-11(18)7-10)6-12(21-20)8-13-14(17)2-1-3-15(13)19/h1-5,7,12,21H,6,8,20H2. The molecule has 0 aliphatic heterocycles. The van der Waals surface area contributed by atoms with E-state index in [2.05, 4.69) is 21.4 Å². The minimum atomic E-state index is -0.372. The molecule has 0 aromatic heterocycles. The Bertz CT molecular complexity index is 597. The van der Waals surface area contributed by atoms with Crippen LogP contribution in [0.5, 0.6) is 0 Å². The van der Waals surface area contributed by atoms with Crippen LogP contribution in [0.1, 0.15) is 11.1 Å². The van der Waals surface area contributed by atoms with Gasteiger partial charge in [-0.05, 0) is 48.7 Å². The van der Waals surface area contributed by atoms with Gasteiger partial charge in [-0.1, -0.05) is 33.6 Å². The predicted molar refractivity (Wildman–Crippen MR) is 84.0 cm³/mol. The largest absolute Gasteiger partial charge is 0.271 e. The van der Waals surface area contributed by atoms with Crippen LogP contribution in [0.25, 0.3) is 0 Å². The number of nitrogens with one attached hydrogen (secondary N) is 1. The number of benzene rings is 2. The van der Waals surface area contributed by atoms with Gasteiger partial charge in [-0.15, -0.1) is 0 Å². The van der Waals surface area contributed by atoms with Gasteiger partial charge in [0.1, 0.15) is 11.6 Å². The van der Waals surface area contributed by atoms with Crippen molar-refractivity contribution >= 4 is 27.5 Å². The van der Waals surface area contributed by atoms with E-state index in [9.17, 15) is 8.78 Å². The second-order valence-electron chi connectivity index (χ2n) is 4.75. The first-order chi connectivity index (χ1) is 9.99. The average molecular weight is 376 g/mol. The fourth-order valence-corrected chi connectivity index (χ4v) is 2.93. The predicted octanol–water partition coefficient (Wildman–Crippen LogP) is 4.00. The second-order valence-corrected chi connectivity index (χ2v) is 6.07. The Labute approximate surface area is 135 Å². The van der Waals surface area contributed by atoms with Crippen molar-refractivity contribution in [2.75, 3.05) is 0 Å². The van der Waals surface area contributed by atoms with E-state index in [1.807, 2.05) is 0 Å². The zero-order chi connectivity index (χ0) is 15.4. The quantitative estimate of drug-likeness (QED) is 0.612. The number of hydrogen-bond donors (Lipinski definition) is 2. The monoisotopic (exact) mass is 374 g/mol. The van der Waals surface area contributed by atoms with Crippen LogP contribution in [0.15, 0.2) is 40.9 Å². The number of rotatable bonds is 5. The van der Waals surface area contributed by atoms with Crippen LogP contribution in [0.2, 0.25) is 5.02 Å². The van der Waals surface area contributed by atoms with Crippen LogP contribution in [-0.4, -0.2) is 6.04 Å². The third kappa shape index (κ3) is 4.48. The molecule has 1 atom stereocenters. The summed E-state index contributed by atoms with van der Waals surface area (Å²) in [5, 5.41) is 0.357. The summed E-state index contributed by atoms with van der Waals surface area (Å²) in [6.07, 6.45) is 0.771. The van der Waals surface area contributed by atoms with Crippen molar-refractivity contribution in [1.29, 1.82) is 0 Å². The molecule has 0 aliphatic rings. The van der Waals surface area contributed by atoms with Crippen molar-refractivity contribution in [1.82, 2.24) is 5.43 Å². The number of hydrogen-bond acceptors (Lipinski definition) is 2. The lowest BCUT2D eigenvalue weighted by Gasteiger charge is -2.17. The van der Waals surface area contributed by atoms with Gasteiger partial charge in [0.2, 0.25) is 0 Å². The van der Waals surface area contributed by atoms with Gasteiger partial charge in [0.15, 0.2) is 0 Å². The maximum Gasteiger partial charge on any atom is 0.127 e. The Morgan fingerprint density at radius 1 is 1.19 bits per heavy atom. The first-order valence-corrected chi connectivity index (χ1v) is 7.50. The minimum absolute atomic E-state index is 0.256. The number of nitrogens with two attached hydrogens (primary N) is 1. The van der Waals surface area contributed by atoms with Gasteiger partial charge in [-0.3, -0.25) is 11.3 Å². The van der Waals surface area contributed by atoms with E-state index in [-0.39, 0.29) is 17.7 Å². The summed E-state index contributed by atoms with van der Waals surface area (Å²) in [6, 6.07) is 8.89. The van der Waals surface area contributed by atoms with Crippen LogP contribution < -0.4 is 11.3 Å². The van der Waals surface area contributed by atoms with Gasteiger partial charge < -0.3 is 0 Å². The van der Waals surface area contributed by atoms with Crippen LogP contribution >= 0.6 is 27.5 Å². The van der Waals surface area contributed by atoms with E-state index in [1.165, 1.54) is 18.2 Å². The Balaban J connectivity index is 2.17. The second kappa shape index (κ2) is 7.31. The first-order valence-electron chi connectivity index (χ1n) is 6.33.